The number of rotatable bonds is 1. The van der Waals surface area contributed by atoms with E-state index in [1.165, 1.54) is 0 Å². The highest BCUT2D eigenvalue weighted by Gasteiger charge is 2.30. The standard InChI is InChI=1S/C13H11F2N5O/c1-20-5-11(12-6(4-16)13(17)19-18-12)21-10-3-8(15)7(14)2-9(10)20/h2-3,11H,5H2,1H3,(H3,17,18,19). The minimum atomic E-state index is -0.996. The largest absolute Gasteiger partial charge is 0.480 e. The van der Waals surface area contributed by atoms with Gasteiger partial charge in [-0.1, -0.05) is 0 Å². The molecule has 0 bridgehead atoms. The van der Waals surface area contributed by atoms with Crippen LogP contribution in [0.15, 0.2) is 12.1 Å². The molecule has 3 rings (SSSR count). The van der Waals surface area contributed by atoms with Crippen LogP contribution in [0.2, 0.25) is 0 Å². The summed E-state index contributed by atoms with van der Waals surface area (Å²) in [5, 5.41) is 15.6. The molecule has 1 aromatic carbocycles. The number of aromatic amines is 1. The summed E-state index contributed by atoms with van der Waals surface area (Å²) < 4.78 is 32.3. The van der Waals surface area contributed by atoms with Gasteiger partial charge in [-0.3, -0.25) is 5.10 Å². The van der Waals surface area contributed by atoms with Crippen LogP contribution in [-0.2, 0) is 0 Å². The SMILES string of the molecule is CN1CC(c2n[nH]c(N)c2C#N)Oc2cc(F)c(F)cc21. The van der Waals surface area contributed by atoms with E-state index in [1.807, 2.05) is 6.07 Å². The Bertz CT molecular complexity index is 752. The maximum Gasteiger partial charge on any atom is 0.162 e. The fraction of sp³-hybridized carbons (Fsp3) is 0.231. The molecule has 0 fully saturated rings. The van der Waals surface area contributed by atoms with Gasteiger partial charge in [0, 0.05) is 19.2 Å². The molecule has 1 unspecified atom stereocenters. The van der Waals surface area contributed by atoms with Crippen LogP contribution < -0.4 is 15.4 Å². The van der Waals surface area contributed by atoms with Crippen molar-refractivity contribution in [1.82, 2.24) is 10.2 Å². The number of benzene rings is 1. The van der Waals surface area contributed by atoms with Crippen LogP contribution in [0, 0.1) is 23.0 Å². The molecule has 0 aliphatic carbocycles. The zero-order chi connectivity index (χ0) is 15.1. The molecule has 1 aliphatic heterocycles. The number of nitrogens with one attached hydrogen (secondary N) is 1. The summed E-state index contributed by atoms with van der Waals surface area (Å²) in [6, 6.07) is 4.01. The number of fused-ring (bicyclic) bond motifs is 1. The topological polar surface area (TPSA) is 91.0 Å². The van der Waals surface area contributed by atoms with Crippen molar-refractivity contribution in [3.05, 3.63) is 35.0 Å². The maximum atomic E-state index is 13.3. The Kier molecular flexibility index (Phi) is 2.90. The lowest BCUT2D eigenvalue weighted by Crippen LogP contribution is -2.33. The molecule has 1 aromatic heterocycles. The number of nitrogens with two attached hydrogens (primary N) is 1. The summed E-state index contributed by atoms with van der Waals surface area (Å²) in [5.74, 6) is -1.60. The van der Waals surface area contributed by atoms with Crippen LogP contribution in [0.5, 0.6) is 5.75 Å². The molecular weight excluding hydrogens is 280 g/mol. The summed E-state index contributed by atoms with van der Waals surface area (Å²) in [6.07, 6.45) is -0.601. The second-order valence-corrected chi connectivity index (χ2v) is 4.73. The Balaban J connectivity index is 2.02. The zero-order valence-corrected chi connectivity index (χ0v) is 11.0. The Morgan fingerprint density at radius 1 is 1.48 bits per heavy atom. The molecule has 2 aromatic rings. The minimum absolute atomic E-state index is 0.148. The Hall–Kier alpha value is -2.82. The first-order valence-corrected chi connectivity index (χ1v) is 6.12. The Labute approximate surface area is 118 Å². The number of ether oxygens (including phenoxy) is 1. The highest BCUT2D eigenvalue weighted by molar-refractivity contribution is 5.61. The molecule has 3 N–H and O–H groups in total. The van der Waals surface area contributed by atoms with Crippen molar-refractivity contribution in [3.63, 3.8) is 0 Å². The van der Waals surface area contributed by atoms with Crippen LogP contribution in [0.25, 0.3) is 0 Å². The highest BCUT2D eigenvalue weighted by atomic mass is 19.2. The predicted octanol–water partition coefficient (Wildman–Crippen LogP) is 1.71. The van der Waals surface area contributed by atoms with Crippen molar-refractivity contribution in [2.24, 2.45) is 0 Å². The molecule has 0 radical (unpaired) electrons. The van der Waals surface area contributed by atoms with Crippen molar-refractivity contribution in [2.75, 3.05) is 24.2 Å². The summed E-state index contributed by atoms with van der Waals surface area (Å²) in [4.78, 5) is 1.71. The number of nitrogen functional groups attached to an aromatic ring is 1. The van der Waals surface area contributed by atoms with Gasteiger partial charge in [0.1, 0.15) is 28.9 Å². The molecule has 1 aliphatic rings. The number of aromatic nitrogens is 2. The third-order valence-electron chi connectivity index (χ3n) is 3.36. The lowest BCUT2D eigenvalue weighted by Gasteiger charge is -2.33. The van der Waals surface area contributed by atoms with E-state index in [2.05, 4.69) is 10.2 Å². The molecule has 108 valence electrons. The van der Waals surface area contributed by atoms with E-state index in [0.29, 0.717) is 17.9 Å². The van der Waals surface area contributed by atoms with E-state index < -0.39 is 17.7 Å². The van der Waals surface area contributed by atoms with Crippen molar-refractivity contribution in [3.8, 4) is 11.8 Å². The van der Waals surface area contributed by atoms with E-state index in [9.17, 15) is 8.78 Å². The van der Waals surface area contributed by atoms with Crippen LogP contribution >= 0.6 is 0 Å². The number of anilines is 2. The van der Waals surface area contributed by atoms with Gasteiger partial charge >= 0.3 is 0 Å². The normalized spacial score (nSPS) is 17.0. The van der Waals surface area contributed by atoms with Crippen molar-refractivity contribution < 1.29 is 13.5 Å². The summed E-state index contributed by atoms with van der Waals surface area (Å²) >= 11 is 0. The van der Waals surface area contributed by atoms with E-state index in [-0.39, 0.29) is 17.1 Å². The van der Waals surface area contributed by atoms with E-state index >= 15 is 0 Å². The molecule has 0 amide bonds. The van der Waals surface area contributed by atoms with Crippen molar-refractivity contribution in [1.29, 1.82) is 5.26 Å². The molecule has 8 heteroatoms. The number of nitrogens with zero attached hydrogens (tertiary/aromatic N) is 3. The molecule has 2 heterocycles. The van der Waals surface area contributed by atoms with E-state index in [1.54, 1.807) is 11.9 Å². The Morgan fingerprint density at radius 2 is 2.19 bits per heavy atom. The van der Waals surface area contributed by atoms with Crippen LogP contribution in [-0.4, -0.2) is 23.8 Å². The fourth-order valence-electron chi connectivity index (χ4n) is 2.31. The van der Waals surface area contributed by atoms with Crippen LogP contribution in [0.3, 0.4) is 0 Å². The minimum Gasteiger partial charge on any atom is -0.480 e. The van der Waals surface area contributed by atoms with Gasteiger partial charge in [-0.05, 0) is 0 Å². The second-order valence-electron chi connectivity index (χ2n) is 4.73. The quantitative estimate of drug-likeness (QED) is 0.834. The molecule has 6 nitrogen and oxygen atoms in total. The molecule has 0 saturated carbocycles. The summed E-state index contributed by atoms with van der Waals surface area (Å²) in [5.41, 5.74) is 6.59. The first-order chi connectivity index (χ1) is 10.0. The van der Waals surface area contributed by atoms with Gasteiger partial charge in [0.15, 0.2) is 17.7 Å². The van der Waals surface area contributed by atoms with Crippen molar-refractivity contribution in [2.45, 2.75) is 6.10 Å². The first kappa shape index (κ1) is 13.2. The molecule has 21 heavy (non-hydrogen) atoms. The number of halogens is 2. The molecular formula is C13H11F2N5O. The predicted molar refractivity (Wildman–Crippen MR) is 70.7 cm³/mol. The number of H-pyrrole nitrogens is 1. The summed E-state index contributed by atoms with van der Waals surface area (Å²) in [6.45, 7) is 0.330. The molecule has 0 spiro atoms. The fourth-order valence-corrected chi connectivity index (χ4v) is 2.31. The smallest absolute Gasteiger partial charge is 0.162 e. The van der Waals surface area contributed by atoms with E-state index in [0.717, 1.165) is 12.1 Å². The lowest BCUT2D eigenvalue weighted by atomic mass is 10.1. The monoisotopic (exact) mass is 291 g/mol. The van der Waals surface area contributed by atoms with Gasteiger partial charge in [-0.2, -0.15) is 10.4 Å². The number of hydrogen-bond donors (Lipinski definition) is 2. The third-order valence-corrected chi connectivity index (χ3v) is 3.36. The average Bonchev–Trinajstić information content (AvgIpc) is 2.82. The van der Waals surface area contributed by atoms with Gasteiger partial charge in [-0.25, -0.2) is 8.78 Å². The van der Waals surface area contributed by atoms with Gasteiger partial charge in [0.25, 0.3) is 0 Å². The Morgan fingerprint density at radius 3 is 2.90 bits per heavy atom. The van der Waals surface area contributed by atoms with Gasteiger partial charge in [0.2, 0.25) is 0 Å². The van der Waals surface area contributed by atoms with Gasteiger partial charge in [-0.15, -0.1) is 0 Å². The number of likely N-dealkylation sites (N-methyl/N-ethyl adjacent to an activating group) is 1. The first-order valence-electron chi connectivity index (χ1n) is 6.12. The van der Waals surface area contributed by atoms with Gasteiger partial charge < -0.3 is 15.4 Å². The third kappa shape index (κ3) is 2.03. The van der Waals surface area contributed by atoms with Crippen molar-refractivity contribution >= 4 is 11.5 Å². The molecule has 0 saturated heterocycles. The maximum absolute atomic E-state index is 13.3. The number of hydrogen-bond acceptors (Lipinski definition) is 5. The van der Waals surface area contributed by atoms with E-state index in [4.69, 9.17) is 15.7 Å². The second kappa shape index (κ2) is 4.63. The average molecular weight is 291 g/mol. The molecule has 1 atom stereocenters. The lowest BCUT2D eigenvalue weighted by molar-refractivity contribution is 0.193. The van der Waals surface area contributed by atoms with Gasteiger partial charge in [0.05, 0.1) is 12.2 Å². The number of nitriles is 1. The summed E-state index contributed by atoms with van der Waals surface area (Å²) in [7, 11) is 1.72. The van der Waals surface area contributed by atoms with Crippen LogP contribution in [0.1, 0.15) is 17.4 Å². The zero-order valence-electron chi connectivity index (χ0n) is 11.0. The van der Waals surface area contributed by atoms with Crippen LogP contribution in [0.4, 0.5) is 20.3 Å². The highest BCUT2D eigenvalue weighted by Crippen LogP contribution is 2.39.